The van der Waals surface area contributed by atoms with Gasteiger partial charge in [0.25, 0.3) is 0 Å². The Morgan fingerprint density at radius 3 is 2.90 bits per heavy atom. The lowest BCUT2D eigenvalue weighted by Crippen LogP contribution is -2.32. The van der Waals surface area contributed by atoms with Gasteiger partial charge in [-0.25, -0.2) is 20.4 Å². The van der Waals surface area contributed by atoms with Gasteiger partial charge in [-0.2, -0.15) is 0 Å². The molecule has 2 aromatic rings. The van der Waals surface area contributed by atoms with Crippen LogP contribution in [0.15, 0.2) is 29.3 Å². The number of nitrogens with zero attached hydrogens (tertiary/aromatic N) is 3. The first-order valence-corrected chi connectivity index (χ1v) is 7.12. The average Bonchev–Trinajstić information content (AvgIpc) is 3.19. The first-order valence-electron chi connectivity index (χ1n) is 7.12. The molecule has 0 amide bonds. The van der Waals surface area contributed by atoms with Gasteiger partial charge < -0.3 is 5.43 Å². The maximum Gasteiger partial charge on any atom is 0.165 e. The molecule has 2 heterocycles. The Kier molecular flexibility index (Phi) is 2.67. The van der Waals surface area contributed by atoms with Gasteiger partial charge in [-0.05, 0) is 37.8 Å². The molecule has 5 heteroatoms. The molecule has 0 radical (unpaired) electrons. The minimum absolute atomic E-state index is 0.531. The molecule has 1 atom stereocenters. The fourth-order valence-electron chi connectivity index (χ4n) is 2.73. The molecule has 2 fully saturated rings. The number of amidine groups is 1. The van der Waals surface area contributed by atoms with Crippen molar-refractivity contribution in [3.8, 4) is 0 Å². The summed E-state index contributed by atoms with van der Waals surface area (Å²) in [5, 5.41) is 1.00. The number of para-hydroxylation sites is 1. The van der Waals surface area contributed by atoms with Crippen molar-refractivity contribution in [2.75, 3.05) is 0 Å². The van der Waals surface area contributed by atoms with Crippen LogP contribution in [-0.2, 0) is 0 Å². The van der Waals surface area contributed by atoms with Gasteiger partial charge in [0.05, 0.1) is 5.52 Å². The quantitative estimate of drug-likeness (QED) is 0.876. The molecular formula is C15H17N5. The number of aromatic nitrogens is 2. The number of aryl methyl sites for hydroxylation is 1. The fourth-order valence-corrected chi connectivity index (χ4v) is 2.73. The van der Waals surface area contributed by atoms with E-state index in [1.807, 2.05) is 31.2 Å². The molecule has 2 aliphatic rings. The summed E-state index contributed by atoms with van der Waals surface area (Å²) in [5.74, 6) is 3.31. The summed E-state index contributed by atoms with van der Waals surface area (Å²) in [6.07, 6.45) is 3.63. The lowest BCUT2D eigenvalue weighted by molar-refractivity contribution is 0.504. The largest absolute Gasteiger partial charge is 0.309 e. The SMILES string of the molecule is Cc1nc(N=C2CC(C3CC3)NN2)c2ccccc2n1. The highest BCUT2D eigenvalue weighted by Crippen LogP contribution is 2.35. The van der Waals surface area contributed by atoms with Crippen molar-refractivity contribution in [2.45, 2.75) is 32.2 Å². The Morgan fingerprint density at radius 2 is 2.05 bits per heavy atom. The summed E-state index contributed by atoms with van der Waals surface area (Å²) in [6.45, 7) is 1.91. The Labute approximate surface area is 117 Å². The predicted octanol–water partition coefficient (Wildman–Crippen LogP) is 2.24. The average molecular weight is 267 g/mol. The number of aliphatic imine (C=N–C) groups is 1. The summed E-state index contributed by atoms with van der Waals surface area (Å²) < 4.78 is 0. The van der Waals surface area contributed by atoms with Gasteiger partial charge in [0.15, 0.2) is 5.82 Å². The third kappa shape index (κ3) is 2.14. The lowest BCUT2D eigenvalue weighted by Gasteiger charge is -2.03. The van der Waals surface area contributed by atoms with E-state index in [9.17, 15) is 0 Å². The van der Waals surface area contributed by atoms with Crippen LogP contribution < -0.4 is 10.9 Å². The number of hydrogen-bond donors (Lipinski definition) is 2. The zero-order chi connectivity index (χ0) is 13.5. The van der Waals surface area contributed by atoms with Crippen LogP contribution in [0.1, 0.15) is 25.1 Å². The highest BCUT2D eigenvalue weighted by atomic mass is 15.4. The van der Waals surface area contributed by atoms with Crippen LogP contribution in [0.4, 0.5) is 5.82 Å². The molecule has 1 aliphatic carbocycles. The third-order valence-corrected chi connectivity index (χ3v) is 3.94. The summed E-state index contributed by atoms with van der Waals surface area (Å²) >= 11 is 0. The minimum Gasteiger partial charge on any atom is -0.309 e. The number of hydrazine groups is 1. The zero-order valence-electron chi connectivity index (χ0n) is 11.4. The number of rotatable bonds is 2. The Balaban J connectivity index is 1.71. The zero-order valence-corrected chi connectivity index (χ0v) is 11.4. The van der Waals surface area contributed by atoms with Gasteiger partial charge in [0.2, 0.25) is 0 Å². The summed E-state index contributed by atoms with van der Waals surface area (Å²) in [7, 11) is 0. The molecule has 4 rings (SSSR count). The van der Waals surface area contributed by atoms with Gasteiger partial charge in [-0.3, -0.25) is 0 Å². The third-order valence-electron chi connectivity index (χ3n) is 3.94. The standard InChI is InChI=1S/C15H17N5/c1-9-16-12-5-3-2-4-11(12)15(17-9)18-14-8-13(19-20-14)10-6-7-10/h2-5,10,13,19H,6-8H2,1H3,(H,16,17,18,20). The van der Waals surface area contributed by atoms with E-state index in [4.69, 9.17) is 4.99 Å². The van der Waals surface area contributed by atoms with E-state index >= 15 is 0 Å². The van der Waals surface area contributed by atoms with E-state index in [2.05, 4.69) is 20.8 Å². The van der Waals surface area contributed by atoms with Crippen LogP contribution >= 0.6 is 0 Å². The van der Waals surface area contributed by atoms with Crippen molar-refractivity contribution in [1.82, 2.24) is 20.8 Å². The van der Waals surface area contributed by atoms with Gasteiger partial charge in [0, 0.05) is 17.8 Å². The van der Waals surface area contributed by atoms with Gasteiger partial charge in [-0.1, -0.05) is 12.1 Å². The second kappa shape index (κ2) is 4.52. The maximum absolute atomic E-state index is 4.70. The van der Waals surface area contributed by atoms with Crippen LogP contribution in [0.2, 0.25) is 0 Å². The first kappa shape index (κ1) is 11.8. The predicted molar refractivity (Wildman–Crippen MR) is 78.8 cm³/mol. The van der Waals surface area contributed by atoms with Gasteiger partial charge in [0.1, 0.15) is 11.7 Å². The van der Waals surface area contributed by atoms with Gasteiger partial charge >= 0.3 is 0 Å². The molecule has 20 heavy (non-hydrogen) atoms. The summed E-state index contributed by atoms with van der Waals surface area (Å²) in [6, 6.07) is 8.54. The molecule has 1 unspecified atom stereocenters. The highest BCUT2D eigenvalue weighted by molar-refractivity contribution is 5.93. The normalized spacial score (nSPS) is 24.2. The van der Waals surface area contributed by atoms with E-state index < -0.39 is 0 Å². The van der Waals surface area contributed by atoms with E-state index in [0.29, 0.717) is 6.04 Å². The van der Waals surface area contributed by atoms with E-state index in [1.165, 1.54) is 12.8 Å². The molecular weight excluding hydrogens is 250 g/mol. The number of nitrogens with one attached hydrogen (secondary N) is 2. The van der Waals surface area contributed by atoms with E-state index in [1.54, 1.807) is 0 Å². The molecule has 1 aromatic carbocycles. The van der Waals surface area contributed by atoms with Crippen molar-refractivity contribution >= 4 is 22.6 Å². The smallest absolute Gasteiger partial charge is 0.165 e. The molecule has 5 nitrogen and oxygen atoms in total. The molecule has 0 bridgehead atoms. The molecule has 2 N–H and O–H groups in total. The summed E-state index contributed by atoms with van der Waals surface area (Å²) in [4.78, 5) is 13.6. The highest BCUT2D eigenvalue weighted by Gasteiger charge is 2.35. The Hall–Kier alpha value is -2.01. The molecule has 1 aliphatic heterocycles. The molecule has 102 valence electrons. The maximum atomic E-state index is 4.70. The molecule has 1 saturated heterocycles. The van der Waals surface area contributed by atoms with E-state index in [0.717, 1.165) is 40.7 Å². The number of fused-ring (bicyclic) bond motifs is 1. The Bertz CT molecular complexity index is 690. The second-order valence-electron chi connectivity index (χ2n) is 5.59. The van der Waals surface area contributed by atoms with Crippen molar-refractivity contribution in [2.24, 2.45) is 10.9 Å². The topological polar surface area (TPSA) is 62.2 Å². The van der Waals surface area contributed by atoms with Crippen LogP contribution in [0.5, 0.6) is 0 Å². The fraction of sp³-hybridized carbons (Fsp3) is 0.400. The monoisotopic (exact) mass is 267 g/mol. The molecule has 1 saturated carbocycles. The minimum atomic E-state index is 0.531. The number of hydrogen-bond acceptors (Lipinski definition) is 4. The van der Waals surface area contributed by atoms with Crippen molar-refractivity contribution in [3.05, 3.63) is 30.1 Å². The second-order valence-corrected chi connectivity index (χ2v) is 5.59. The summed E-state index contributed by atoms with van der Waals surface area (Å²) in [5.41, 5.74) is 7.48. The van der Waals surface area contributed by atoms with Crippen LogP contribution in [-0.4, -0.2) is 21.8 Å². The van der Waals surface area contributed by atoms with Crippen molar-refractivity contribution in [3.63, 3.8) is 0 Å². The van der Waals surface area contributed by atoms with Crippen LogP contribution in [0.25, 0.3) is 10.9 Å². The molecule has 1 aromatic heterocycles. The van der Waals surface area contributed by atoms with Crippen molar-refractivity contribution < 1.29 is 0 Å². The Morgan fingerprint density at radius 1 is 1.20 bits per heavy atom. The van der Waals surface area contributed by atoms with E-state index in [-0.39, 0.29) is 0 Å². The van der Waals surface area contributed by atoms with Crippen LogP contribution in [0, 0.1) is 12.8 Å². The van der Waals surface area contributed by atoms with Gasteiger partial charge in [-0.15, -0.1) is 0 Å². The molecule has 0 spiro atoms. The first-order chi connectivity index (χ1) is 9.79. The number of benzene rings is 1. The van der Waals surface area contributed by atoms with Crippen molar-refractivity contribution in [1.29, 1.82) is 0 Å². The van der Waals surface area contributed by atoms with Crippen LogP contribution in [0.3, 0.4) is 0 Å². The lowest BCUT2D eigenvalue weighted by atomic mass is 10.1.